The highest BCUT2D eigenvalue weighted by atomic mass is 19.4. The van der Waals surface area contributed by atoms with Crippen LogP contribution in [-0.4, -0.2) is 74.9 Å². The number of aryl methyl sites for hydroxylation is 2. The number of carbonyl (C=O) groups is 3. The number of fused-ring (bicyclic) bond motifs is 3. The van der Waals surface area contributed by atoms with Crippen LogP contribution >= 0.6 is 0 Å². The van der Waals surface area contributed by atoms with E-state index in [4.69, 9.17) is 5.73 Å². The van der Waals surface area contributed by atoms with E-state index < -0.39 is 75.9 Å². The number of primary amides is 1. The molecule has 0 saturated heterocycles. The molecule has 2 unspecified atom stereocenters. The number of aliphatic hydroxyl groups excluding tert-OH is 2. The molecule has 256 valence electrons. The summed E-state index contributed by atoms with van der Waals surface area (Å²) in [6.07, 6.45) is -4.94. The number of Topliss-reactive ketones (excluding diaryl/α,β-unsaturated/α-hetero) is 2. The molecule has 6 rings (SSSR count). The van der Waals surface area contributed by atoms with E-state index in [2.05, 4.69) is 4.74 Å². The Labute approximate surface area is 278 Å². The van der Waals surface area contributed by atoms with Crippen LogP contribution in [0.25, 0.3) is 28.0 Å². The van der Waals surface area contributed by atoms with Gasteiger partial charge < -0.3 is 30.9 Å². The molecule has 3 aromatic carbocycles. The summed E-state index contributed by atoms with van der Waals surface area (Å²) in [6, 6.07) is 10.9. The quantitative estimate of drug-likeness (QED) is 0.238. The number of halogens is 3. The summed E-state index contributed by atoms with van der Waals surface area (Å²) < 4.78 is 42.5. The number of hydrogen-bond donors (Lipinski definition) is 5. The number of alkyl halides is 3. The lowest BCUT2D eigenvalue weighted by molar-refractivity contribution is -0.274. The van der Waals surface area contributed by atoms with Gasteiger partial charge in [-0.25, -0.2) is 0 Å². The molecule has 0 heterocycles. The van der Waals surface area contributed by atoms with Crippen LogP contribution in [0.4, 0.5) is 13.2 Å². The van der Waals surface area contributed by atoms with Gasteiger partial charge in [0.2, 0.25) is 5.78 Å². The third kappa shape index (κ3) is 5.33. The van der Waals surface area contributed by atoms with Crippen molar-refractivity contribution >= 4 is 23.2 Å². The van der Waals surface area contributed by atoms with Gasteiger partial charge in [-0.05, 0) is 87.2 Å². The SMILES string of the molecule is Cc1cc(C)cc(-c2cc(-c3ccc(OC(F)(F)F)cc3)c(O)c3c2CC2CC4[C@H](N(C)C)C(=O)C(C(N)=O)=C(O)[C@@]4(O)C(=O)C2=C3O)c1. The maximum absolute atomic E-state index is 14.3. The molecule has 49 heavy (non-hydrogen) atoms. The van der Waals surface area contributed by atoms with Gasteiger partial charge in [-0.15, -0.1) is 13.2 Å². The molecule has 0 bridgehead atoms. The van der Waals surface area contributed by atoms with E-state index in [9.17, 15) is 48.0 Å². The van der Waals surface area contributed by atoms with Crippen molar-refractivity contribution in [2.75, 3.05) is 14.1 Å². The fraction of sp³-hybridized carbons (Fsp3) is 0.306. The number of rotatable bonds is 5. The highest BCUT2D eigenvalue weighted by Crippen LogP contribution is 2.55. The molecule has 4 atom stereocenters. The van der Waals surface area contributed by atoms with Gasteiger partial charge >= 0.3 is 6.36 Å². The fourth-order valence-electron chi connectivity index (χ4n) is 7.76. The van der Waals surface area contributed by atoms with E-state index in [1.165, 1.54) is 31.1 Å². The number of phenolic OH excluding ortho intramolecular Hbond substituents is 1. The molecule has 1 fully saturated rings. The van der Waals surface area contributed by atoms with Gasteiger partial charge in [-0.3, -0.25) is 19.3 Å². The average molecular weight is 679 g/mol. The van der Waals surface area contributed by atoms with E-state index in [0.717, 1.165) is 23.3 Å². The molecule has 3 aliphatic carbocycles. The van der Waals surface area contributed by atoms with Crippen molar-refractivity contribution in [3.63, 3.8) is 0 Å². The maximum atomic E-state index is 14.3. The van der Waals surface area contributed by atoms with Crippen LogP contribution < -0.4 is 10.5 Å². The monoisotopic (exact) mass is 678 g/mol. The standard InChI is InChI=1S/C36H33F3N2O8/c1-15-9-16(2)11-18(10-15)21-14-22(17-5-7-20(8-6-17)49-36(37,38)39)29(42)26-23(21)12-19-13-24-28(41(3)4)31(44)27(34(40)47)33(46)35(24,48)32(45)25(19)30(26)43/h5-11,14,19,24,28,42-43,46,48H,12-13H2,1-4H3,(H2,40,47)/t19?,24?,28-,35-/m0/s1. The normalized spacial score (nSPS) is 23.7. The number of aromatic hydroxyl groups is 1. The van der Waals surface area contributed by atoms with Crippen LogP contribution in [0, 0.1) is 25.7 Å². The molecule has 1 saturated carbocycles. The van der Waals surface area contributed by atoms with Gasteiger partial charge in [-0.1, -0.05) is 41.5 Å². The van der Waals surface area contributed by atoms with Crippen LogP contribution in [-0.2, 0) is 20.8 Å². The molecule has 1 amide bonds. The Morgan fingerprint density at radius 1 is 0.959 bits per heavy atom. The molecular weight excluding hydrogens is 645 g/mol. The Morgan fingerprint density at radius 2 is 1.57 bits per heavy atom. The Balaban J connectivity index is 1.60. The Morgan fingerprint density at radius 3 is 2.12 bits per heavy atom. The molecule has 3 aromatic rings. The third-order valence-corrected chi connectivity index (χ3v) is 9.65. The molecule has 10 nitrogen and oxygen atoms in total. The highest BCUT2D eigenvalue weighted by molar-refractivity contribution is 6.24. The molecule has 0 radical (unpaired) electrons. The van der Waals surface area contributed by atoms with E-state index in [0.29, 0.717) is 16.7 Å². The van der Waals surface area contributed by atoms with Crippen molar-refractivity contribution in [2.24, 2.45) is 17.6 Å². The van der Waals surface area contributed by atoms with Gasteiger partial charge in [0.15, 0.2) is 11.4 Å². The summed E-state index contributed by atoms with van der Waals surface area (Å²) in [5, 5.41) is 46.7. The first-order valence-corrected chi connectivity index (χ1v) is 15.3. The zero-order chi connectivity index (χ0) is 35.9. The Hall–Kier alpha value is -5.14. The lowest BCUT2D eigenvalue weighted by atomic mass is 9.57. The molecule has 0 aromatic heterocycles. The number of aliphatic hydroxyl groups is 3. The summed E-state index contributed by atoms with van der Waals surface area (Å²) in [6.45, 7) is 3.78. The summed E-state index contributed by atoms with van der Waals surface area (Å²) in [4.78, 5) is 41.4. The highest BCUT2D eigenvalue weighted by Gasteiger charge is 2.64. The van der Waals surface area contributed by atoms with Crippen molar-refractivity contribution in [3.05, 3.63) is 87.7 Å². The van der Waals surface area contributed by atoms with Crippen molar-refractivity contribution in [2.45, 2.75) is 44.7 Å². The summed E-state index contributed by atoms with van der Waals surface area (Å²) in [5.74, 6) is -8.22. The number of ether oxygens (including phenoxy) is 1. The predicted molar refractivity (Wildman–Crippen MR) is 171 cm³/mol. The van der Waals surface area contributed by atoms with Crippen LogP contribution in [0.1, 0.15) is 28.7 Å². The predicted octanol–water partition coefficient (Wildman–Crippen LogP) is 4.81. The number of ketones is 2. The van der Waals surface area contributed by atoms with Crippen molar-refractivity contribution < 1.29 is 52.7 Å². The van der Waals surface area contributed by atoms with Crippen molar-refractivity contribution in [1.82, 2.24) is 4.90 Å². The molecule has 0 aliphatic heterocycles. The molecular formula is C36H33F3N2O8. The minimum Gasteiger partial charge on any atom is -0.508 e. The van der Waals surface area contributed by atoms with Crippen LogP contribution in [0.5, 0.6) is 11.5 Å². The summed E-state index contributed by atoms with van der Waals surface area (Å²) in [7, 11) is 3.04. The largest absolute Gasteiger partial charge is 0.573 e. The Bertz CT molecular complexity index is 2000. The van der Waals surface area contributed by atoms with E-state index in [1.54, 1.807) is 6.07 Å². The number of carbonyl (C=O) groups excluding carboxylic acids is 3. The third-order valence-electron chi connectivity index (χ3n) is 9.65. The first kappa shape index (κ1) is 33.7. The maximum Gasteiger partial charge on any atom is 0.573 e. The number of hydrogen-bond acceptors (Lipinski definition) is 9. The molecule has 3 aliphatic rings. The number of amides is 1. The molecule has 13 heteroatoms. The summed E-state index contributed by atoms with van der Waals surface area (Å²) >= 11 is 0. The Kier molecular flexibility index (Phi) is 7.91. The minimum absolute atomic E-state index is 0.0586. The zero-order valence-electron chi connectivity index (χ0n) is 26.8. The number of nitrogens with zero attached hydrogens (tertiary/aromatic N) is 1. The van der Waals surface area contributed by atoms with Gasteiger partial charge in [-0.2, -0.15) is 0 Å². The average Bonchev–Trinajstić information content (AvgIpc) is 2.98. The van der Waals surface area contributed by atoms with Crippen LogP contribution in [0.3, 0.4) is 0 Å². The smallest absolute Gasteiger partial charge is 0.508 e. The van der Waals surface area contributed by atoms with Crippen molar-refractivity contribution in [1.29, 1.82) is 0 Å². The van der Waals surface area contributed by atoms with E-state index in [-0.39, 0.29) is 35.1 Å². The second kappa shape index (κ2) is 11.5. The lowest BCUT2D eigenvalue weighted by Gasteiger charge is -2.50. The van der Waals surface area contributed by atoms with E-state index in [1.807, 2.05) is 32.0 Å². The van der Waals surface area contributed by atoms with E-state index >= 15 is 0 Å². The van der Waals surface area contributed by atoms with Crippen LogP contribution in [0.2, 0.25) is 0 Å². The van der Waals surface area contributed by atoms with Crippen LogP contribution in [0.15, 0.2) is 65.4 Å². The number of benzene rings is 3. The number of phenols is 1. The first-order valence-electron chi connectivity index (χ1n) is 15.3. The fourth-order valence-corrected chi connectivity index (χ4v) is 7.76. The zero-order valence-corrected chi connectivity index (χ0v) is 26.8. The summed E-state index contributed by atoms with van der Waals surface area (Å²) in [5.41, 5.74) is 5.14. The first-order chi connectivity index (χ1) is 22.8. The minimum atomic E-state index is -4.92. The van der Waals surface area contributed by atoms with Gasteiger partial charge in [0.1, 0.15) is 28.6 Å². The van der Waals surface area contributed by atoms with Gasteiger partial charge in [0.25, 0.3) is 5.91 Å². The second-order valence-electron chi connectivity index (χ2n) is 13.1. The van der Waals surface area contributed by atoms with Gasteiger partial charge in [0, 0.05) is 17.1 Å². The molecule has 6 N–H and O–H groups in total. The van der Waals surface area contributed by atoms with Gasteiger partial charge in [0.05, 0.1) is 11.6 Å². The second-order valence-corrected chi connectivity index (χ2v) is 13.1. The topological polar surface area (TPSA) is 171 Å². The lowest BCUT2D eigenvalue weighted by Crippen LogP contribution is -2.65. The molecule has 0 spiro atoms. The number of nitrogens with two attached hydrogens (primary N) is 1. The van der Waals surface area contributed by atoms with Crippen molar-refractivity contribution in [3.8, 4) is 33.8 Å². The number of likely N-dealkylation sites (N-methyl/N-ethyl adjacent to an activating group) is 1.